The first-order valence-corrected chi connectivity index (χ1v) is 4.37. The molecule has 0 saturated carbocycles. The molecule has 2 atom stereocenters. The van der Waals surface area contributed by atoms with E-state index in [0.717, 1.165) is 6.07 Å². The van der Waals surface area contributed by atoms with E-state index in [0.29, 0.717) is 5.56 Å². The Bertz CT molecular complexity index is 290. The molecule has 0 aliphatic heterocycles. The van der Waals surface area contributed by atoms with E-state index in [4.69, 9.17) is 5.11 Å². The van der Waals surface area contributed by atoms with Gasteiger partial charge in [0.05, 0.1) is 6.10 Å². The van der Waals surface area contributed by atoms with Crippen LogP contribution in [0, 0.1) is 5.82 Å². The molecule has 1 aromatic rings. The molecular weight excluding hydrogens is 187 g/mol. The number of halogens is 1. The van der Waals surface area contributed by atoms with E-state index < -0.39 is 18.0 Å². The fourth-order valence-corrected chi connectivity index (χ4v) is 1.20. The predicted molar refractivity (Wildman–Crippen MR) is 49.1 cm³/mol. The van der Waals surface area contributed by atoms with Crippen molar-refractivity contribution in [3.05, 3.63) is 35.6 Å². The van der Waals surface area contributed by atoms with Crippen molar-refractivity contribution >= 4 is 0 Å². The first-order valence-electron chi connectivity index (χ1n) is 4.37. The Morgan fingerprint density at radius 3 is 2.57 bits per heavy atom. The first kappa shape index (κ1) is 11.1. The van der Waals surface area contributed by atoms with Crippen LogP contribution in [0.25, 0.3) is 0 Å². The molecule has 0 amide bonds. The van der Waals surface area contributed by atoms with Gasteiger partial charge in [-0.25, -0.2) is 4.39 Å². The lowest BCUT2D eigenvalue weighted by Crippen LogP contribution is -2.19. The predicted octanol–water partition coefficient (Wildman–Crippen LogP) is 0.602. The average Bonchev–Trinajstić information content (AvgIpc) is 2.17. The second kappa shape index (κ2) is 5.05. The fraction of sp³-hybridized carbons (Fsp3) is 0.400. The van der Waals surface area contributed by atoms with E-state index in [1.165, 1.54) is 18.2 Å². The van der Waals surface area contributed by atoms with Crippen LogP contribution in [0.5, 0.6) is 0 Å². The van der Waals surface area contributed by atoms with Gasteiger partial charge in [-0.1, -0.05) is 12.1 Å². The van der Waals surface area contributed by atoms with Crippen LogP contribution in [-0.2, 0) is 0 Å². The Morgan fingerprint density at radius 1 is 1.29 bits per heavy atom. The third-order valence-corrected chi connectivity index (χ3v) is 1.98. The van der Waals surface area contributed by atoms with E-state index >= 15 is 0 Å². The van der Waals surface area contributed by atoms with Crippen LogP contribution >= 0.6 is 0 Å². The summed E-state index contributed by atoms with van der Waals surface area (Å²) in [6.45, 7) is -0.215. The third-order valence-electron chi connectivity index (χ3n) is 1.98. The molecule has 0 bridgehead atoms. The molecule has 78 valence electrons. The number of aliphatic hydroxyl groups excluding tert-OH is 3. The van der Waals surface area contributed by atoms with Crippen LogP contribution in [0.1, 0.15) is 18.1 Å². The summed E-state index contributed by atoms with van der Waals surface area (Å²) in [5, 5.41) is 27.4. The van der Waals surface area contributed by atoms with Crippen molar-refractivity contribution < 1.29 is 19.7 Å². The van der Waals surface area contributed by atoms with Crippen LogP contribution in [0.4, 0.5) is 4.39 Å². The maximum atomic E-state index is 12.7. The maximum absolute atomic E-state index is 12.7. The fourth-order valence-electron chi connectivity index (χ4n) is 1.20. The number of benzene rings is 1. The van der Waals surface area contributed by atoms with Crippen LogP contribution in [0.2, 0.25) is 0 Å². The smallest absolute Gasteiger partial charge is 0.123 e. The summed E-state index contributed by atoms with van der Waals surface area (Å²) in [5.74, 6) is -0.460. The summed E-state index contributed by atoms with van der Waals surface area (Å²) in [6, 6.07) is 5.40. The van der Waals surface area contributed by atoms with Crippen LogP contribution < -0.4 is 0 Å². The normalized spacial score (nSPS) is 15.1. The lowest BCUT2D eigenvalue weighted by molar-refractivity contribution is 0.00408. The van der Waals surface area contributed by atoms with Crippen molar-refractivity contribution in [1.82, 2.24) is 0 Å². The zero-order chi connectivity index (χ0) is 10.6. The van der Waals surface area contributed by atoms with Crippen molar-refractivity contribution in [2.45, 2.75) is 18.6 Å². The molecule has 0 saturated heterocycles. The van der Waals surface area contributed by atoms with E-state index in [-0.39, 0.29) is 13.0 Å². The third kappa shape index (κ3) is 2.77. The van der Waals surface area contributed by atoms with Gasteiger partial charge in [0.1, 0.15) is 11.9 Å². The Morgan fingerprint density at radius 2 is 2.00 bits per heavy atom. The van der Waals surface area contributed by atoms with Crippen molar-refractivity contribution in [3.8, 4) is 0 Å². The van der Waals surface area contributed by atoms with Gasteiger partial charge in [-0.15, -0.1) is 0 Å². The molecule has 4 heteroatoms. The van der Waals surface area contributed by atoms with E-state index in [1.807, 2.05) is 0 Å². The lowest BCUT2D eigenvalue weighted by Gasteiger charge is -2.16. The molecule has 3 nitrogen and oxygen atoms in total. The zero-order valence-electron chi connectivity index (χ0n) is 7.60. The lowest BCUT2D eigenvalue weighted by atomic mass is 10.0. The Hall–Kier alpha value is -0.970. The summed E-state index contributed by atoms with van der Waals surface area (Å²) in [4.78, 5) is 0. The molecule has 14 heavy (non-hydrogen) atoms. The topological polar surface area (TPSA) is 60.7 Å². The summed E-state index contributed by atoms with van der Waals surface area (Å²) in [7, 11) is 0. The van der Waals surface area contributed by atoms with Crippen molar-refractivity contribution in [1.29, 1.82) is 0 Å². The first-order chi connectivity index (χ1) is 6.65. The van der Waals surface area contributed by atoms with Gasteiger partial charge in [-0.05, 0) is 24.1 Å². The molecule has 0 heterocycles. The molecule has 0 radical (unpaired) electrons. The maximum Gasteiger partial charge on any atom is 0.123 e. The van der Waals surface area contributed by atoms with E-state index in [9.17, 15) is 14.6 Å². The largest absolute Gasteiger partial charge is 0.396 e. The molecule has 0 fully saturated rings. The highest BCUT2D eigenvalue weighted by atomic mass is 19.1. The van der Waals surface area contributed by atoms with Crippen LogP contribution in [-0.4, -0.2) is 28.0 Å². The Labute approximate surface area is 81.4 Å². The summed E-state index contributed by atoms with van der Waals surface area (Å²) in [6.07, 6.45) is -2.16. The molecular formula is C10H13FO3. The molecule has 0 spiro atoms. The average molecular weight is 200 g/mol. The summed E-state index contributed by atoms with van der Waals surface area (Å²) < 4.78 is 12.7. The number of hydrogen-bond acceptors (Lipinski definition) is 3. The minimum Gasteiger partial charge on any atom is -0.396 e. The van der Waals surface area contributed by atoms with Gasteiger partial charge in [0.25, 0.3) is 0 Å². The minimum atomic E-state index is -1.15. The van der Waals surface area contributed by atoms with Crippen LogP contribution in [0.15, 0.2) is 24.3 Å². The van der Waals surface area contributed by atoms with E-state index in [1.54, 1.807) is 0 Å². The minimum absolute atomic E-state index is 0.0671. The zero-order valence-corrected chi connectivity index (χ0v) is 7.60. The highest BCUT2D eigenvalue weighted by molar-refractivity contribution is 5.19. The second-order valence-corrected chi connectivity index (χ2v) is 3.08. The summed E-state index contributed by atoms with van der Waals surface area (Å²) >= 11 is 0. The monoisotopic (exact) mass is 200 g/mol. The molecule has 0 aliphatic rings. The molecule has 0 aliphatic carbocycles. The van der Waals surface area contributed by atoms with Gasteiger partial charge in [0.2, 0.25) is 0 Å². The molecule has 3 N–H and O–H groups in total. The van der Waals surface area contributed by atoms with Gasteiger partial charge in [-0.2, -0.15) is 0 Å². The van der Waals surface area contributed by atoms with Crippen molar-refractivity contribution in [2.75, 3.05) is 6.61 Å². The van der Waals surface area contributed by atoms with Crippen molar-refractivity contribution in [2.24, 2.45) is 0 Å². The van der Waals surface area contributed by atoms with Gasteiger partial charge in [0.15, 0.2) is 0 Å². The quantitative estimate of drug-likeness (QED) is 0.667. The number of aliphatic hydroxyl groups is 3. The Kier molecular flexibility index (Phi) is 4.00. The highest BCUT2D eigenvalue weighted by Crippen LogP contribution is 2.19. The Balaban J connectivity index is 2.73. The number of rotatable bonds is 4. The van der Waals surface area contributed by atoms with Gasteiger partial charge < -0.3 is 15.3 Å². The molecule has 2 unspecified atom stereocenters. The van der Waals surface area contributed by atoms with Gasteiger partial charge in [-0.3, -0.25) is 0 Å². The van der Waals surface area contributed by atoms with Gasteiger partial charge in [0, 0.05) is 6.61 Å². The molecule has 1 rings (SSSR count). The highest BCUT2D eigenvalue weighted by Gasteiger charge is 2.17. The SMILES string of the molecule is OCCC(O)C(O)c1cccc(F)c1. The second-order valence-electron chi connectivity index (χ2n) is 3.08. The molecule has 0 aromatic heterocycles. The standard InChI is InChI=1S/C10H13FO3/c11-8-3-1-2-7(6-8)10(14)9(13)4-5-12/h1-3,6,9-10,12-14H,4-5H2. The van der Waals surface area contributed by atoms with Crippen LogP contribution in [0.3, 0.4) is 0 Å². The van der Waals surface area contributed by atoms with Crippen molar-refractivity contribution in [3.63, 3.8) is 0 Å². The van der Waals surface area contributed by atoms with Gasteiger partial charge >= 0.3 is 0 Å². The van der Waals surface area contributed by atoms with E-state index in [2.05, 4.69) is 0 Å². The molecule has 1 aromatic carbocycles. The number of hydrogen-bond donors (Lipinski definition) is 3. The summed E-state index contributed by atoms with van der Waals surface area (Å²) in [5.41, 5.74) is 0.311.